The van der Waals surface area contributed by atoms with Gasteiger partial charge in [0.05, 0.1) is 12.2 Å². The number of ether oxygens (including phenoxy) is 1. The van der Waals surface area contributed by atoms with E-state index in [0.717, 1.165) is 45.3 Å². The van der Waals surface area contributed by atoms with Gasteiger partial charge in [-0.05, 0) is 51.4 Å². The average molecular weight is 257 g/mol. The van der Waals surface area contributed by atoms with Crippen molar-refractivity contribution in [3.05, 3.63) is 0 Å². The monoisotopic (exact) mass is 257 g/mol. The highest BCUT2D eigenvalue weighted by atomic mass is 16.5. The third kappa shape index (κ3) is 5.68. The molecule has 0 aromatic rings. The van der Waals surface area contributed by atoms with E-state index in [1.807, 2.05) is 0 Å². The lowest BCUT2D eigenvalue weighted by molar-refractivity contribution is 0.0140. The number of aliphatic hydroxyl groups excluding tert-OH is 1. The van der Waals surface area contributed by atoms with E-state index >= 15 is 0 Å². The molecule has 0 heterocycles. The van der Waals surface area contributed by atoms with Gasteiger partial charge in [-0.3, -0.25) is 0 Å². The van der Waals surface area contributed by atoms with Gasteiger partial charge in [0.15, 0.2) is 0 Å². The Bertz CT molecular complexity index is 221. The summed E-state index contributed by atoms with van der Waals surface area (Å²) >= 11 is 0. The first-order valence-electron chi connectivity index (χ1n) is 7.46. The minimum absolute atomic E-state index is 0.0804. The van der Waals surface area contributed by atoms with Crippen LogP contribution in [0.3, 0.4) is 0 Å². The van der Waals surface area contributed by atoms with Gasteiger partial charge in [-0.2, -0.15) is 0 Å². The minimum atomic E-state index is -0.0804. The molecule has 108 valence electrons. The Balaban J connectivity index is 2.45. The molecule has 0 spiro atoms. The van der Waals surface area contributed by atoms with Crippen molar-refractivity contribution in [1.29, 1.82) is 0 Å². The summed E-state index contributed by atoms with van der Waals surface area (Å²) < 4.78 is 5.71. The van der Waals surface area contributed by atoms with Crippen LogP contribution in [0.4, 0.5) is 0 Å². The second-order valence-electron chi connectivity index (χ2n) is 6.44. The largest absolute Gasteiger partial charge is 0.393 e. The molecule has 1 aliphatic carbocycles. The Morgan fingerprint density at radius 3 is 2.33 bits per heavy atom. The highest BCUT2D eigenvalue weighted by molar-refractivity contribution is 4.88. The fourth-order valence-electron chi connectivity index (χ4n) is 2.66. The highest BCUT2D eigenvalue weighted by Gasteiger charge is 2.34. The van der Waals surface area contributed by atoms with Crippen molar-refractivity contribution < 1.29 is 9.84 Å². The quantitative estimate of drug-likeness (QED) is 0.737. The van der Waals surface area contributed by atoms with Gasteiger partial charge in [0.2, 0.25) is 0 Å². The Morgan fingerprint density at radius 1 is 1.22 bits per heavy atom. The van der Waals surface area contributed by atoms with E-state index in [4.69, 9.17) is 4.74 Å². The molecule has 0 aromatic carbocycles. The summed E-state index contributed by atoms with van der Waals surface area (Å²) in [5.41, 5.74) is 0.332. The van der Waals surface area contributed by atoms with Crippen LogP contribution in [0.1, 0.15) is 59.8 Å². The fourth-order valence-corrected chi connectivity index (χ4v) is 2.66. The molecule has 1 aliphatic rings. The van der Waals surface area contributed by atoms with Crippen LogP contribution < -0.4 is 5.32 Å². The molecular formula is C15H31NO2. The number of nitrogens with one attached hydrogen (secondary N) is 1. The van der Waals surface area contributed by atoms with Gasteiger partial charge >= 0.3 is 0 Å². The Kier molecular flexibility index (Phi) is 6.61. The van der Waals surface area contributed by atoms with Crippen LogP contribution in [0.2, 0.25) is 0 Å². The summed E-state index contributed by atoms with van der Waals surface area (Å²) in [5, 5.41) is 13.3. The third-order valence-electron chi connectivity index (χ3n) is 3.98. The smallest absolute Gasteiger partial charge is 0.0540 e. The van der Waals surface area contributed by atoms with E-state index in [2.05, 4.69) is 33.0 Å². The lowest BCUT2D eigenvalue weighted by atomic mass is 9.71. The molecule has 1 saturated carbocycles. The van der Waals surface area contributed by atoms with Gasteiger partial charge in [0.1, 0.15) is 0 Å². The predicted molar refractivity (Wildman–Crippen MR) is 75.8 cm³/mol. The minimum Gasteiger partial charge on any atom is -0.393 e. The first-order chi connectivity index (χ1) is 8.43. The highest BCUT2D eigenvalue weighted by Crippen LogP contribution is 2.39. The first-order valence-corrected chi connectivity index (χ1v) is 7.46. The number of rotatable bonds is 7. The van der Waals surface area contributed by atoms with Crippen LogP contribution in [0.15, 0.2) is 0 Å². The van der Waals surface area contributed by atoms with Gasteiger partial charge in [0.25, 0.3) is 0 Å². The molecule has 1 rings (SSSR count). The van der Waals surface area contributed by atoms with E-state index in [1.54, 1.807) is 0 Å². The summed E-state index contributed by atoms with van der Waals surface area (Å²) in [7, 11) is 0. The van der Waals surface area contributed by atoms with Crippen LogP contribution in [0, 0.1) is 5.41 Å². The van der Waals surface area contributed by atoms with Crippen molar-refractivity contribution in [2.24, 2.45) is 5.41 Å². The maximum Gasteiger partial charge on any atom is 0.0540 e. The maximum absolute atomic E-state index is 9.68. The molecule has 0 unspecified atom stereocenters. The molecule has 0 saturated heterocycles. The SMILES string of the molecule is CC(C)NCC1(CCOC(C)C)CCC(O)CC1. The van der Waals surface area contributed by atoms with Gasteiger partial charge < -0.3 is 15.2 Å². The number of hydrogen-bond acceptors (Lipinski definition) is 3. The van der Waals surface area contributed by atoms with Crippen LogP contribution in [-0.4, -0.2) is 36.5 Å². The Labute approximate surface area is 112 Å². The molecule has 0 aromatic heterocycles. The lowest BCUT2D eigenvalue weighted by Crippen LogP contribution is -2.41. The molecule has 0 radical (unpaired) electrons. The van der Waals surface area contributed by atoms with Crippen LogP contribution in [-0.2, 0) is 4.74 Å². The zero-order valence-electron chi connectivity index (χ0n) is 12.5. The van der Waals surface area contributed by atoms with E-state index in [1.165, 1.54) is 0 Å². The molecule has 2 N–H and O–H groups in total. The second kappa shape index (κ2) is 7.46. The molecule has 3 nitrogen and oxygen atoms in total. The summed E-state index contributed by atoms with van der Waals surface area (Å²) in [4.78, 5) is 0. The molecule has 18 heavy (non-hydrogen) atoms. The summed E-state index contributed by atoms with van der Waals surface area (Å²) in [6.45, 7) is 10.5. The topological polar surface area (TPSA) is 41.5 Å². The summed E-state index contributed by atoms with van der Waals surface area (Å²) in [6, 6.07) is 0.528. The van der Waals surface area contributed by atoms with Crippen molar-refractivity contribution in [2.45, 2.75) is 78.0 Å². The Morgan fingerprint density at radius 2 is 1.83 bits per heavy atom. The second-order valence-corrected chi connectivity index (χ2v) is 6.44. The lowest BCUT2D eigenvalue weighted by Gasteiger charge is -2.40. The zero-order chi connectivity index (χ0) is 13.6. The molecular weight excluding hydrogens is 226 g/mol. The van der Waals surface area contributed by atoms with Crippen LogP contribution >= 0.6 is 0 Å². The average Bonchev–Trinajstić information content (AvgIpc) is 2.30. The normalized spacial score (nSPS) is 29.2. The van der Waals surface area contributed by atoms with Gasteiger partial charge in [-0.1, -0.05) is 13.8 Å². The Hall–Kier alpha value is -0.120. The summed E-state index contributed by atoms with van der Waals surface area (Å²) in [5.74, 6) is 0. The molecule has 0 amide bonds. The predicted octanol–water partition coefficient (Wildman–Crippen LogP) is 2.72. The summed E-state index contributed by atoms with van der Waals surface area (Å²) in [6.07, 6.45) is 5.48. The van der Waals surface area contributed by atoms with Crippen molar-refractivity contribution in [2.75, 3.05) is 13.2 Å². The molecule has 0 atom stereocenters. The van der Waals surface area contributed by atoms with Gasteiger partial charge in [-0.15, -0.1) is 0 Å². The van der Waals surface area contributed by atoms with Crippen LogP contribution in [0.5, 0.6) is 0 Å². The van der Waals surface area contributed by atoms with E-state index < -0.39 is 0 Å². The molecule has 0 bridgehead atoms. The van der Waals surface area contributed by atoms with Crippen molar-refractivity contribution in [3.8, 4) is 0 Å². The van der Waals surface area contributed by atoms with Gasteiger partial charge in [-0.25, -0.2) is 0 Å². The van der Waals surface area contributed by atoms with E-state index in [9.17, 15) is 5.11 Å². The van der Waals surface area contributed by atoms with Crippen LogP contribution in [0.25, 0.3) is 0 Å². The standard InChI is InChI=1S/C15H31NO2/c1-12(2)16-11-15(9-10-18-13(3)4)7-5-14(17)6-8-15/h12-14,16-17H,5-11H2,1-4H3. The fraction of sp³-hybridized carbons (Fsp3) is 1.00. The van der Waals surface area contributed by atoms with Gasteiger partial charge in [0, 0.05) is 19.2 Å². The maximum atomic E-state index is 9.68. The van der Waals surface area contributed by atoms with E-state index in [0.29, 0.717) is 17.6 Å². The molecule has 1 fully saturated rings. The van der Waals surface area contributed by atoms with Crippen molar-refractivity contribution in [3.63, 3.8) is 0 Å². The molecule has 0 aliphatic heterocycles. The van der Waals surface area contributed by atoms with E-state index in [-0.39, 0.29) is 6.10 Å². The first kappa shape index (κ1) is 15.9. The molecule has 3 heteroatoms. The van der Waals surface area contributed by atoms with Crippen molar-refractivity contribution in [1.82, 2.24) is 5.32 Å². The zero-order valence-corrected chi connectivity index (χ0v) is 12.5. The number of hydrogen-bond donors (Lipinski definition) is 2. The number of aliphatic hydroxyl groups is 1. The third-order valence-corrected chi connectivity index (χ3v) is 3.98. The van der Waals surface area contributed by atoms with Crippen molar-refractivity contribution >= 4 is 0 Å².